The molecule has 0 bridgehead atoms. The number of thioether (sulfide) groups is 1. The number of benzene rings is 3. The van der Waals surface area contributed by atoms with Crippen LogP contribution in [0.3, 0.4) is 0 Å². The molecule has 2 atom stereocenters. The lowest BCUT2D eigenvalue weighted by atomic mass is 10.0. The van der Waals surface area contributed by atoms with Crippen molar-refractivity contribution in [2.45, 2.75) is 29.9 Å². The fourth-order valence-electron chi connectivity index (χ4n) is 3.74. The van der Waals surface area contributed by atoms with Gasteiger partial charge in [0.2, 0.25) is 11.1 Å². The highest BCUT2D eigenvalue weighted by atomic mass is 32.2. The van der Waals surface area contributed by atoms with E-state index in [-0.39, 0.29) is 17.2 Å². The smallest absolute Gasteiger partial charge is 0.236 e. The highest BCUT2D eigenvalue weighted by Gasteiger charge is 2.37. The first kappa shape index (κ1) is 20.3. The molecule has 0 fully saturated rings. The maximum absolute atomic E-state index is 13.3. The summed E-state index contributed by atoms with van der Waals surface area (Å²) in [4.78, 5) is 13.3. The van der Waals surface area contributed by atoms with E-state index in [4.69, 9.17) is 0 Å². The first-order chi connectivity index (χ1) is 15.7. The Hall–Kier alpha value is -3.58. The Bertz CT molecular complexity index is 1210. The number of aromatic nitrogens is 3. The summed E-state index contributed by atoms with van der Waals surface area (Å²) in [6.07, 6.45) is 0. The molecule has 0 radical (unpaired) electrons. The molecule has 0 aliphatic carbocycles. The fourth-order valence-corrected chi connectivity index (χ4v) is 4.84. The van der Waals surface area contributed by atoms with E-state index < -0.39 is 0 Å². The van der Waals surface area contributed by atoms with Crippen LogP contribution in [0.25, 0.3) is 11.4 Å². The van der Waals surface area contributed by atoms with E-state index in [1.807, 2.05) is 65.3 Å². The Kier molecular flexibility index (Phi) is 5.64. The summed E-state index contributed by atoms with van der Waals surface area (Å²) in [7, 11) is 0. The van der Waals surface area contributed by atoms with Crippen LogP contribution in [0, 0.1) is 6.92 Å². The van der Waals surface area contributed by atoms with Gasteiger partial charge < -0.3 is 10.7 Å². The van der Waals surface area contributed by atoms with E-state index in [1.54, 1.807) is 0 Å². The van der Waals surface area contributed by atoms with Crippen LogP contribution in [0.15, 0.2) is 90.1 Å². The molecule has 1 amide bonds. The standard InChI is InChI=1S/C25H23N5OS/c1-17-12-14-19(15-13-17)21-22(24(31)26-16-18-8-4-2-5-9-18)32-25-28-27-23(30(25)29-21)20-10-6-3-7-11-20/h2-15,21-22,29H,16H2,1H3,(H,26,31)/t21-,22-/m1/s1. The number of aryl methyl sites for hydroxylation is 1. The molecule has 1 aliphatic rings. The van der Waals surface area contributed by atoms with Gasteiger partial charge in [-0.3, -0.25) is 4.79 Å². The summed E-state index contributed by atoms with van der Waals surface area (Å²) in [5.41, 5.74) is 7.77. The Morgan fingerprint density at radius 2 is 1.66 bits per heavy atom. The second kappa shape index (κ2) is 8.88. The number of fused-ring (bicyclic) bond motifs is 1. The van der Waals surface area contributed by atoms with Crippen LogP contribution < -0.4 is 10.7 Å². The quantitative estimate of drug-likeness (QED) is 0.482. The predicted octanol–water partition coefficient (Wildman–Crippen LogP) is 4.33. The summed E-state index contributed by atoms with van der Waals surface area (Å²) >= 11 is 1.44. The van der Waals surface area contributed by atoms with E-state index in [0.717, 1.165) is 22.5 Å². The van der Waals surface area contributed by atoms with Gasteiger partial charge in [0.15, 0.2) is 5.82 Å². The molecule has 4 aromatic rings. The van der Waals surface area contributed by atoms with Gasteiger partial charge in [-0.15, -0.1) is 10.2 Å². The van der Waals surface area contributed by atoms with Gasteiger partial charge in [0.25, 0.3) is 0 Å². The minimum Gasteiger partial charge on any atom is -0.351 e. The zero-order valence-electron chi connectivity index (χ0n) is 17.6. The largest absolute Gasteiger partial charge is 0.351 e. The molecule has 6 nitrogen and oxygen atoms in total. The van der Waals surface area contributed by atoms with Crippen molar-refractivity contribution in [3.63, 3.8) is 0 Å². The molecule has 0 saturated heterocycles. The molecular formula is C25H23N5OS. The van der Waals surface area contributed by atoms with Crippen LogP contribution in [0.1, 0.15) is 22.7 Å². The number of carbonyl (C=O) groups excluding carboxylic acids is 1. The molecule has 3 aromatic carbocycles. The Morgan fingerprint density at radius 3 is 2.38 bits per heavy atom. The summed E-state index contributed by atoms with van der Waals surface area (Å²) < 4.78 is 1.89. The molecule has 0 unspecified atom stereocenters. The summed E-state index contributed by atoms with van der Waals surface area (Å²) in [6, 6.07) is 27.9. The molecule has 0 spiro atoms. The van der Waals surface area contributed by atoms with Crippen LogP contribution in [-0.4, -0.2) is 26.0 Å². The number of hydrogen-bond acceptors (Lipinski definition) is 5. The number of nitrogens with zero attached hydrogens (tertiary/aromatic N) is 3. The lowest BCUT2D eigenvalue weighted by Gasteiger charge is -2.33. The van der Waals surface area contributed by atoms with Crippen molar-refractivity contribution < 1.29 is 4.79 Å². The third-order valence-corrected chi connectivity index (χ3v) is 6.69. The molecule has 0 saturated carbocycles. The van der Waals surface area contributed by atoms with Crippen LogP contribution in [-0.2, 0) is 11.3 Å². The second-order valence-corrected chi connectivity index (χ2v) is 8.88. The Morgan fingerprint density at radius 1 is 0.969 bits per heavy atom. The first-order valence-electron chi connectivity index (χ1n) is 10.5. The number of nitrogens with one attached hydrogen (secondary N) is 2. The summed E-state index contributed by atoms with van der Waals surface area (Å²) in [6.45, 7) is 2.54. The Labute approximate surface area is 191 Å². The average molecular weight is 442 g/mol. The first-order valence-corrected chi connectivity index (χ1v) is 11.4. The molecule has 160 valence electrons. The molecule has 7 heteroatoms. The van der Waals surface area contributed by atoms with E-state index in [9.17, 15) is 4.79 Å². The van der Waals surface area contributed by atoms with Crippen molar-refractivity contribution in [3.8, 4) is 11.4 Å². The number of amides is 1. The third kappa shape index (κ3) is 4.11. The minimum absolute atomic E-state index is 0.0348. The normalized spacial score (nSPS) is 17.3. The number of rotatable bonds is 5. The van der Waals surface area contributed by atoms with Gasteiger partial charge in [-0.25, -0.2) is 4.68 Å². The van der Waals surface area contributed by atoms with Crippen molar-refractivity contribution in [2.24, 2.45) is 0 Å². The van der Waals surface area contributed by atoms with Crippen molar-refractivity contribution in [1.82, 2.24) is 20.2 Å². The van der Waals surface area contributed by atoms with Crippen LogP contribution in [0.2, 0.25) is 0 Å². The van der Waals surface area contributed by atoms with Gasteiger partial charge in [-0.2, -0.15) is 0 Å². The average Bonchev–Trinajstić information content (AvgIpc) is 3.26. The van der Waals surface area contributed by atoms with Gasteiger partial charge in [0.1, 0.15) is 5.25 Å². The third-order valence-electron chi connectivity index (χ3n) is 5.47. The van der Waals surface area contributed by atoms with Crippen molar-refractivity contribution in [2.75, 3.05) is 5.43 Å². The molecule has 32 heavy (non-hydrogen) atoms. The van der Waals surface area contributed by atoms with Gasteiger partial charge in [0, 0.05) is 12.1 Å². The molecule has 1 aromatic heterocycles. The summed E-state index contributed by atoms with van der Waals surface area (Å²) in [5.74, 6) is 0.695. The molecule has 5 rings (SSSR count). The second-order valence-electron chi connectivity index (χ2n) is 7.77. The van der Waals surface area contributed by atoms with Crippen molar-refractivity contribution in [3.05, 3.63) is 102 Å². The zero-order valence-corrected chi connectivity index (χ0v) is 18.4. The SMILES string of the molecule is Cc1ccc([C@H]2Nn3c(nnc3-c3ccccc3)S[C@H]2C(=O)NCc2ccccc2)cc1. The number of hydrogen-bond donors (Lipinski definition) is 2. The van der Waals surface area contributed by atoms with Gasteiger partial charge in [-0.05, 0) is 18.1 Å². The lowest BCUT2D eigenvalue weighted by Crippen LogP contribution is -2.43. The molecular weight excluding hydrogens is 418 g/mol. The number of carbonyl (C=O) groups is 1. The minimum atomic E-state index is -0.387. The van der Waals surface area contributed by atoms with E-state index in [0.29, 0.717) is 11.7 Å². The van der Waals surface area contributed by atoms with Crippen molar-refractivity contribution >= 4 is 17.7 Å². The lowest BCUT2D eigenvalue weighted by molar-refractivity contribution is -0.121. The topological polar surface area (TPSA) is 71.8 Å². The van der Waals surface area contributed by atoms with E-state index in [2.05, 4.69) is 52.1 Å². The fraction of sp³-hybridized carbons (Fsp3) is 0.160. The van der Waals surface area contributed by atoms with E-state index in [1.165, 1.54) is 17.3 Å². The molecule has 1 aliphatic heterocycles. The summed E-state index contributed by atoms with van der Waals surface area (Å²) in [5, 5.41) is 12.1. The van der Waals surface area contributed by atoms with Crippen LogP contribution in [0.4, 0.5) is 0 Å². The van der Waals surface area contributed by atoms with Crippen molar-refractivity contribution in [1.29, 1.82) is 0 Å². The zero-order chi connectivity index (χ0) is 21.9. The van der Waals surface area contributed by atoms with Crippen LogP contribution in [0.5, 0.6) is 0 Å². The van der Waals surface area contributed by atoms with E-state index >= 15 is 0 Å². The highest BCUT2D eigenvalue weighted by molar-refractivity contribution is 8.00. The Balaban J connectivity index is 1.46. The van der Waals surface area contributed by atoms with Gasteiger partial charge >= 0.3 is 0 Å². The monoisotopic (exact) mass is 441 g/mol. The van der Waals surface area contributed by atoms with Gasteiger partial charge in [-0.1, -0.05) is 102 Å². The van der Waals surface area contributed by atoms with Gasteiger partial charge in [0.05, 0.1) is 6.04 Å². The molecule has 2 N–H and O–H groups in total. The van der Waals surface area contributed by atoms with Crippen LogP contribution >= 0.6 is 11.8 Å². The predicted molar refractivity (Wildman–Crippen MR) is 127 cm³/mol. The molecule has 2 heterocycles. The maximum atomic E-state index is 13.3. The maximum Gasteiger partial charge on any atom is 0.236 e. The highest BCUT2D eigenvalue weighted by Crippen LogP contribution is 2.38.